The molecule has 0 aliphatic carbocycles. The minimum Gasteiger partial charge on any atom is -0.394 e. The molecule has 0 atom stereocenters. The maximum absolute atomic E-state index is 5.89. The van der Waals surface area contributed by atoms with Gasteiger partial charge in [0, 0.05) is 24.2 Å². The van der Waals surface area contributed by atoms with Gasteiger partial charge in [0.15, 0.2) is 0 Å². The molecule has 4 heteroatoms. The fraction of sp³-hybridized carbons (Fsp3) is 0.500. The van der Waals surface area contributed by atoms with Crippen LogP contribution in [0.25, 0.3) is 0 Å². The van der Waals surface area contributed by atoms with Gasteiger partial charge in [-0.05, 0) is 19.4 Å². The Labute approximate surface area is 107 Å². The van der Waals surface area contributed by atoms with Gasteiger partial charge in [-0.15, -0.1) is 0 Å². The Kier molecular flexibility index (Phi) is 6.27. The molecule has 0 aliphatic heterocycles. The number of benzene rings is 1. The Morgan fingerprint density at radius 1 is 1.06 bits per heavy atom. The van der Waals surface area contributed by atoms with E-state index in [1.54, 1.807) is 0 Å². The van der Waals surface area contributed by atoms with Crippen LogP contribution >= 0.6 is 15.9 Å². The van der Waals surface area contributed by atoms with E-state index in [9.17, 15) is 0 Å². The fourth-order valence-corrected chi connectivity index (χ4v) is 5.71. The van der Waals surface area contributed by atoms with E-state index in [-0.39, 0.29) is 0 Å². The van der Waals surface area contributed by atoms with Crippen LogP contribution in [-0.4, -0.2) is 26.7 Å². The maximum atomic E-state index is 5.89. The molecule has 1 rings (SSSR count). The van der Waals surface area contributed by atoms with Crippen molar-refractivity contribution in [3.05, 3.63) is 35.9 Å². The topological polar surface area (TPSA) is 18.5 Å². The summed E-state index contributed by atoms with van der Waals surface area (Å²) in [6.07, 6.45) is 0. The third kappa shape index (κ3) is 4.01. The van der Waals surface area contributed by atoms with Crippen molar-refractivity contribution in [2.24, 2.45) is 0 Å². The van der Waals surface area contributed by atoms with Crippen molar-refractivity contribution in [2.45, 2.75) is 19.9 Å². The van der Waals surface area contributed by atoms with Crippen molar-refractivity contribution in [2.75, 3.05) is 18.2 Å². The predicted molar refractivity (Wildman–Crippen MR) is 72.9 cm³/mol. The Hall–Kier alpha value is -0.163. The molecule has 1 aromatic rings. The normalized spacial score (nSPS) is 11.7. The summed E-state index contributed by atoms with van der Waals surface area (Å²) < 4.78 is 11.8. The monoisotopic (exact) mass is 302 g/mol. The molecule has 0 spiro atoms. The summed E-state index contributed by atoms with van der Waals surface area (Å²) in [6, 6.07) is 11.3. The lowest BCUT2D eigenvalue weighted by Crippen LogP contribution is -2.47. The molecule has 0 aliphatic rings. The van der Waals surface area contributed by atoms with Crippen LogP contribution in [0, 0.1) is 0 Å². The van der Waals surface area contributed by atoms with Gasteiger partial charge < -0.3 is 8.85 Å². The fourth-order valence-electron chi connectivity index (χ4n) is 1.70. The van der Waals surface area contributed by atoms with E-state index in [1.807, 2.05) is 19.9 Å². The predicted octanol–water partition coefficient (Wildman–Crippen LogP) is 3.22. The number of alkyl halides is 1. The number of hydrogen-bond donors (Lipinski definition) is 0. The van der Waals surface area contributed by atoms with Crippen molar-refractivity contribution in [1.29, 1.82) is 0 Å². The molecular formula is C12H19BrO2Si. The molecule has 0 amide bonds. The van der Waals surface area contributed by atoms with Crippen LogP contribution in [0.2, 0.25) is 0 Å². The third-order valence-corrected chi connectivity index (χ3v) is 7.88. The Bertz CT molecular complexity index is 286. The number of halogens is 1. The minimum absolute atomic E-state index is 0.713. The van der Waals surface area contributed by atoms with Gasteiger partial charge in [-0.1, -0.05) is 46.3 Å². The highest BCUT2D eigenvalue weighted by atomic mass is 79.9. The molecular weight excluding hydrogens is 284 g/mol. The zero-order valence-corrected chi connectivity index (χ0v) is 12.5. The van der Waals surface area contributed by atoms with Crippen LogP contribution in [0.4, 0.5) is 0 Å². The highest BCUT2D eigenvalue weighted by Crippen LogP contribution is 2.17. The third-order valence-electron chi connectivity index (χ3n) is 2.33. The second-order valence-corrected chi connectivity index (χ2v) is 8.27. The summed E-state index contributed by atoms with van der Waals surface area (Å²) in [4.78, 5) is 0.816. The molecule has 0 bridgehead atoms. The summed E-state index contributed by atoms with van der Waals surface area (Å²) in [5.41, 5.74) is 1.29. The van der Waals surface area contributed by atoms with Crippen molar-refractivity contribution in [1.82, 2.24) is 0 Å². The van der Waals surface area contributed by atoms with Crippen LogP contribution in [0.15, 0.2) is 30.3 Å². The molecule has 0 N–H and O–H groups in total. The summed E-state index contributed by atoms with van der Waals surface area (Å²) in [5.74, 6) is 0. The van der Waals surface area contributed by atoms with Crippen LogP contribution in [0.5, 0.6) is 0 Å². The van der Waals surface area contributed by atoms with Crippen LogP contribution in [-0.2, 0) is 14.9 Å². The zero-order valence-electron chi connectivity index (χ0n) is 9.91. The SMILES string of the molecule is CCO[Si](CBr)(Cc1ccccc1)OCC. The van der Waals surface area contributed by atoms with Crippen LogP contribution < -0.4 is 0 Å². The molecule has 0 fully saturated rings. The van der Waals surface area contributed by atoms with Gasteiger partial charge in [-0.25, -0.2) is 0 Å². The van der Waals surface area contributed by atoms with Gasteiger partial charge >= 0.3 is 8.56 Å². The lowest BCUT2D eigenvalue weighted by atomic mass is 10.2. The number of rotatable bonds is 7. The molecule has 0 aromatic heterocycles. The summed E-state index contributed by atoms with van der Waals surface area (Å²) in [5, 5.41) is 0. The molecule has 1 aromatic carbocycles. The van der Waals surface area contributed by atoms with Gasteiger partial charge in [0.1, 0.15) is 0 Å². The summed E-state index contributed by atoms with van der Waals surface area (Å²) >= 11 is 3.54. The van der Waals surface area contributed by atoms with E-state index in [1.165, 1.54) is 5.56 Å². The lowest BCUT2D eigenvalue weighted by Gasteiger charge is -2.28. The summed E-state index contributed by atoms with van der Waals surface area (Å²) in [6.45, 7) is 5.47. The van der Waals surface area contributed by atoms with E-state index in [0.29, 0.717) is 13.2 Å². The minimum atomic E-state index is -2.09. The van der Waals surface area contributed by atoms with E-state index in [2.05, 4.69) is 40.2 Å². The quantitative estimate of drug-likeness (QED) is 0.569. The molecule has 16 heavy (non-hydrogen) atoms. The first-order chi connectivity index (χ1) is 7.76. The highest BCUT2D eigenvalue weighted by Gasteiger charge is 2.36. The average molecular weight is 303 g/mol. The van der Waals surface area contributed by atoms with E-state index in [4.69, 9.17) is 8.85 Å². The van der Waals surface area contributed by atoms with Crippen molar-refractivity contribution < 1.29 is 8.85 Å². The summed E-state index contributed by atoms with van der Waals surface area (Å²) in [7, 11) is -2.09. The molecule has 0 saturated carbocycles. The Balaban J connectivity index is 2.76. The van der Waals surface area contributed by atoms with Crippen LogP contribution in [0.3, 0.4) is 0 Å². The first-order valence-electron chi connectivity index (χ1n) is 5.64. The second-order valence-electron chi connectivity index (χ2n) is 3.57. The molecule has 90 valence electrons. The number of hydrogen-bond acceptors (Lipinski definition) is 2. The van der Waals surface area contributed by atoms with Gasteiger partial charge in [0.2, 0.25) is 0 Å². The Morgan fingerprint density at radius 3 is 2.06 bits per heavy atom. The smallest absolute Gasteiger partial charge is 0.353 e. The molecule has 0 saturated heterocycles. The van der Waals surface area contributed by atoms with Crippen molar-refractivity contribution >= 4 is 24.5 Å². The largest absolute Gasteiger partial charge is 0.394 e. The van der Waals surface area contributed by atoms with E-state index >= 15 is 0 Å². The molecule has 0 heterocycles. The molecule has 0 unspecified atom stereocenters. The molecule has 2 nitrogen and oxygen atoms in total. The van der Waals surface area contributed by atoms with E-state index in [0.717, 1.165) is 11.0 Å². The lowest BCUT2D eigenvalue weighted by molar-refractivity contribution is 0.188. The van der Waals surface area contributed by atoms with Crippen molar-refractivity contribution in [3.63, 3.8) is 0 Å². The highest BCUT2D eigenvalue weighted by molar-refractivity contribution is 9.09. The van der Waals surface area contributed by atoms with Gasteiger partial charge in [-0.3, -0.25) is 0 Å². The first-order valence-corrected chi connectivity index (χ1v) is 8.99. The second kappa shape index (κ2) is 7.22. The van der Waals surface area contributed by atoms with Gasteiger partial charge in [0.05, 0.1) is 0 Å². The van der Waals surface area contributed by atoms with Gasteiger partial charge in [0.25, 0.3) is 0 Å². The average Bonchev–Trinajstić information content (AvgIpc) is 2.31. The maximum Gasteiger partial charge on any atom is 0.353 e. The van der Waals surface area contributed by atoms with Crippen molar-refractivity contribution in [3.8, 4) is 0 Å². The molecule has 0 radical (unpaired) electrons. The zero-order chi connectivity index (χ0) is 11.9. The van der Waals surface area contributed by atoms with Gasteiger partial charge in [-0.2, -0.15) is 0 Å². The Morgan fingerprint density at radius 2 is 1.62 bits per heavy atom. The van der Waals surface area contributed by atoms with Crippen LogP contribution in [0.1, 0.15) is 19.4 Å². The van der Waals surface area contributed by atoms with E-state index < -0.39 is 8.56 Å². The first kappa shape index (κ1) is 13.9. The standard InChI is InChI=1S/C12H19BrO2Si/c1-3-14-16(11-13,15-4-2)10-12-8-6-5-7-9-12/h5-9H,3-4,10-11H2,1-2H3.